The molecule has 0 spiro atoms. The summed E-state index contributed by atoms with van der Waals surface area (Å²) in [6, 6.07) is 0.641. The lowest BCUT2D eigenvalue weighted by atomic mass is 9.95. The molecule has 1 unspecified atom stereocenters. The second-order valence-corrected chi connectivity index (χ2v) is 11.8. The van der Waals surface area contributed by atoms with Gasteiger partial charge in [0, 0.05) is 12.5 Å². The summed E-state index contributed by atoms with van der Waals surface area (Å²) < 4.78 is 5.76. The molecule has 0 fully saturated rings. The minimum Gasteiger partial charge on any atom is -0.465 e. The third-order valence-electron chi connectivity index (χ3n) is 8.16. The molecule has 0 rings (SSSR count). The van der Waals surface area contributed by atoms with Crippen molar-refractivity contribution in [1.29, 1.82) is 0 Å². The zero-order valence-corrected chi connectivity index (χ0v) is 26.1. The third-order valence-corrected chi connectivity index (χ3v) is 8.16. The fraction of sp³-hybridized carbons (Fsp3) is 0.971. The largest absolute Gasteiger partial charge is 0.465 e. The van der Waals surface area contributed by atoms with Gasteiger partial charge in [0.05, 0.1) is 6.61 Å². The fourth-order valence-electron chi connectivity index (χ4n) is 5.46. The van der Waals surface area contributed by atoms with Crippen LogP contribution in [-0.4, -0.2) is 25.7 Å². The van der Waals surface area contributed by atoms with Gasteiger partial charge < -0.3 is 10.1 Å². The monoisotopic (exact) mass is 524 g/mol. The van der Waals surface area contributed by atoms with E-state index < -0.39 is 0 Å². The highest BCUT2D eigenvalue weighted by Gasteiger charge is 2.13. The predicted molar refractivity (Wildman–Crippen MR) is 164 cm³/mol. The molecule has 0 aromatic heterocycles. The summed E-state index contributed by atoms with van der Waals surface area (Å²) in [5.41, 5.74) is 0. The van der Waals surface area contributed by atoms with Crippen molar-refractivity contribution in [2.75, 3.05) is 13.7 Å². The zero-order valence-electron chi connectivity index (χ0n) is 26.1. The molecule has 0 aliphatic rings. The van der Waals surface area contributed by atoms with Gasteiger partial charge in [-0.15, -0.1) is 0 Å². The Hall–Kier alpha value is -0.570. The SMILES string of the molecule is CCCCCCCCCC[C@H](CCCCCC(=O)OCC(CCCCCC)CCCCCCCC)NC. The first-order chi connectivity index (χ1) is 18.2. The topological polar surface area (TPSA) is 38.3 Å². The van der Waals surface area contributed by atoms with Gasteiger partial charge >= 0.3 is 5.97 Å². The van der Waals surface area contributed by atoms with Crippen molar-refractivity contribution in [3.63, 3.8) is 0 Å². The Balaban J connectivity index is 3.91. The lowest BCUT2D eigenvalue weighted by Crippen LogP contribution is -2.24. The van der Waals surface area contributed by atoms with Crippen LogP contribution in [0.1, 0.15) is 188 Å². The van der Waals surface area contributed by atoms with Crippen LogP contribution in [-0.2, 0) is 9.53 Å². The van der Waals surface area contributed by atoms with E-state index >= 15 is 0 Å². The molecule has 222 valence electrons. The van der Waals surface area contributed by atoms with Crippen LogP contribution < -0.4 is 5.32 Å². The summed E-state index contributed by atoms with van der Waals surface area (Å²) in [7, 11) is 2.11. The van der Waals surface area contributed by atoms with Gasteiger partial charge in [0.25, 0.3) is 0 Å². The highest BCUT2D eigenvalue weighted by molar-refractivity contribution is 5.69. The van der Waals surface area contributed by atoms with E-state index in [1.165, 1.54) is 148 Å². The van der Waals surface area contributed by atoms with Gasteiger partial charge in [0.15, 0.2) is 0 Å². The Kier molecular flexibility index (Phi) is 29.5. The number of hydrogen-bond donors (Lipinski definition) is 1. The quantitative estimate of drug-likeness (QED) is 0.0751. The number of rotatable bonds is 30. The molecule has 0 bridgehead atoms. The first kappa shape index (κ1) is 36.4. The first-order valence-electron chi connectivity index (χ1n) is 17.0. The van der Waals surface area contributed by atoms with Gasteiger partial charge in [0.2, 0.25) is 0 Å². The van der Waals surface area contributed by atoms with Gasteiger partial charge in [-0.25, -0.2) is 0 Å². The van der Waals surface area contributed by atoms with Crippen LogP contribution in [0, 0.1) is 5.92 Å². The second kappa shape index (κ2) is 30.0. The van der Waals surface area contributed by atoms with Crippen LogP contribution in [0.5, 0.6) is 0 Å². The number of nitrogens with one attached hydrogen (secondary N) is 1. The van der Waals surface area contributed by atoms with E-state index in [-0.39, 0.29) is 5.97 Å². The Morgan fingerprint density at radius 1 is 0.541 bits per heavy atom. The van der Waals surface area contributed by atoms with Crippen molar-refractivity contribution in [1.82, 2.24) is 5.32 Å². The molecule has 0 saturated carbocycles. The molecule has 0 heterocycles. The molecule has 0 aromatic rings. The molecule has 0 aliphatic heterocycles. The Morgan fingerprint density at radius 3 is 1.38 bits per heavy atom. The van der Waals surface area contributed by atoms with E-state index in [2.05, 4.69) is 33.1 Å². The van der Waals surface area contributed by atoms with Crippen molar-refractivity contribution in [3.8, 4) is 0 Å². The van der Waals surface area contributed by atoms with E-state index in [4.69, 9.17) is 4.74 Å². The summed E-state index contributed by atoms with van der Waals surface area (Å²) in [6.45, 7) is 7.48. The maximum absolute atomic E-state index is 12.4. The minimum atomic E-state index is 0.0330. The van der Waals surface area contributed by atoms with E-state index in [0.29, 0.717) is 25.0 Å². The minimum absolute atomic E-state index is 0.0330. The summed E-state index contributed by atoms with van der Waals surface area (Å²) in [5.74, 6) is 0.602. The highest BCUT2D eigenvalue weighted by atomic mass is 16.5. The second-order valence-electron chi connectivity index (χ2n) is 11.8. The van der Waals surface area contributed by atoms with Crippen LogP contribution in [0.3, 0.4) is 0 Å². The van der Waals surface area contributed by atoms with Crippen LogP contribution in [0.2, 0.25) is 0 Å². The number of carbonyl (C=O) groups is 1. The van der Waals surface area contributed by atoms with Gasteiger partial charge in [-0.1, -0.05) is 149 Å². The normalized spacial score (nSPS) is 13.1. The van der Waals surface area contributed by atoms with E-state index in [1.54, 1.807) is 0 Å². The molecule has 2 atom stereocenters. The average Bonchev–Trinajstić information content (AvgIpc) is 2.91. The first-order valence-corrected chi connectivity index (χ1v) is 17.0. The van der Waals surface area contributed by atoms with Crippen LogP contribution >= 0.6 is 0 Å². The number of carbonyl (C=O) groups excluding carboxylic acids is 1. The number of ether oxygens (including phenoxy) is 1. The van der Waals surface area contributed by atoms with Crippen molar-refractivity contribution >= 4 is 5.97 Å². The maximum Gasteiger partial charge on any atom is 0.305 e. The van der Waals surface area contributed by atoms with Crippen molar-refractivity contribution < 1.29 is 9.53 Å². The average molecular weight is 524 g/mol. The Morgan fingerprint density at radius 2 is 0.919 bits per heavy atom. The molecule has 0 saturated heterocycles. The number of esters is 1. The number of unbranched alkanes of at least 4 members (excludes halogenated alkanes) is 17. The van der Waals surface area contributed by atoms with E-state index in [9.17, 15) is 4.79 Å². The van der Waals surface area contributed by atoms with E-state index in [0.717, 1.165) is 12.8 Å². The lowest BCUT2D eigenvalue weighted by Gasteiger charge is -2.17. The lowest BCUT2D eigenvalue weighted by molar-refractivity contribution is -0.145. The molecular formula is C34H69NO2. The fourth-order valence-corrected chi connectivity index (χ4v) is 5.46. The van der Waals surface area contributed by atoms with Crippen LogP contribution in [0.15, 0.2) is 0 Å². The molecule has 1 N–H and O–H groups in total. The Labute approximate surface area is 234 Å². The zero-order chi connectivity index (χ0) is 27.2. The van der Waals surface area contributed by atoms with E-state index in [1.807, 2.05) is 0 Å². The van der Waals surface area contributed by atoms with Gasteiger partial charge in [-0.05, 0) is 45.1 Å². The molecule has 37 heavy (non-hydrogen) atoms. The highest BCUT2D eigenvalue weighted by Crippen LogP contribution is 2.20. The van der Waals surface area contributed by atoms with Crippen LogP contribution in [0.25, 0.3) is 0 Å². The summed E-state index contributed by atoms with van der Waals surface area (Å²) >= 11 is 0. The molecular weight excluding hydrogens is 454 g/mol. The molecule has 0 radical (unpaired) electrons. The predicted octanol–water partition coefficient (Wildman–Crippen LogP) is 10.9. The molecule has 0 aliphatic carbocycles. The summed E-state index contributed by atoms with van der Waals surface area (Å²) in [5, 5.41) is 3.52. The van der Waals surface area contributed by atoms with Crippen molar-refractivity contribution in [3.05, 3.63) is 0 Å². The smallest absolute Gasteiger partial charge is 0.305 e. The maximum atomic E-state index is 12.4. The van der Waals surface area contributed by atoms with Crippen molar-refractivity contribution in [2.24, 2.45) is 5.92 Å². The summed E-state index contributed by atoms with van der Waals surface area (Å²) in [4.78, 5) is 12.4. The summed E-state index contributed by atoms with van der Waals surface area (Å²) in [6.07, 6.45) is 33.3. The van der Waals surface area contributed by atoms with Gasteiger partial charge in [0.1, 0.15) is 0 Å². The van der Waals surface area contributed by atoms with Gasteiger partial charge in [-0.3, -0.25) is 4.79 Å². The van der Waals surface area contributed by atoms with Gasteiger partial charge in [-0.2, -0.15) is 0 Å². The van der Waals surface area contributed by atoms with Crippen LogP contribution in [0.4, 0.5) is 0 Å². The van der Waals surface area contributed by atoms with Crippen molar-refractivity contribution in [2.45, 2.75) is 194 Å². The number of hydrogen-bond acceptors (Lipinski definition) is 3. The molecule has 3 nitrogen and oxygen atoms in total. The standard InChI is InChI=1S/C34H69NO2/c1-5-8-11-14-16-17-19-23-28-33(35-4)29-24-20-25-30-34(36)37-31-32(26-21-13-10-7-3)27-22-18-15-12-9-6-2/h32-33,35H,5-31H2,1-4H3/t32?,33-/m1/s1. The molecule has 0 aromatic carbocycles. The Bertz CT molecular complexity index is 453. The molecule has 0 amide bonds. The molecule has 3 heteroatoms. The third kappa shape index (κ3) is 26.8.